The lowest BCUT2D eigenvalue weighted by atomic mass is 9.69. The molecule has 0 heterocycles. The standard InChI is InChI=1S/C11H25N3/c1-14(2)8-4-7-13-10-11(9-12)5-3-6-11/h13H,3-10,12H2,1-2H3. The van der Waals surface area contributed by atoms with Crippen molar-refractivity contribution in [3.05, 3.63) is 0 Å². The molecule has 3 nitrogen and oxygen atoms in total. The lowest BCUT2D eigenvalue weighted by Gasteiger charge is -2.41. The Morgan fingerprint density at radius 2 is 2.07 bits per heavy atom. The molecule has 0 saturated heterocycles. The van der Waals surface area contributed by atoms with Crippen molar-refractivity contribution in [2.24, 2.45) is 11.1 Å². The quantitative estimate of drug-likeness (QED) is 0.592. The van der Waals surface area contributed by atoms with Crippen LogP contribution in [0.4, 0.5) is 0 Å². The monoisotopic (exact) mass is 199 g/mol. The molecule has 0 aromatic carbocycles. The van der Waals surface area contributed by atoms with Crippen molar-refractivity contribution in [1.82, 2.24) is 10.2 Å². The van der Waals surface area contributed by atoms with Crippen LogP contribution in [0.25, 0.3) is 0 Å². The molecule has 0 aromatic heterocycles. The molecule has 1 rings (SSSR count). The minimum atomic E-state index is 0.456. The Balaban J connectivity index is 1.97. The van der Waals surface area contributed by atoms with E-state index < -0.39 is 0 Å². The van der Waals surface area contributed by atoms with Gasteiger partial charge in [-0.05, 0) is 58.4 Å². The molecule has 14 heavy (non-hydrogen) atoms. The number of nitrogens with two attached hydrogens (primary N) is 1. The van der Waals surface area contributed by atoms with E-state index in [2.05, 4.69) is 24.3 Å². The number of hydrogen-bond donors (Lipinski definition) is 2. The van der Waals surface area contributed by atoms with Crippen molar-refractivity contribution in [1.29, 1.82) is 0 Å². The highest BCUT2D eigenvalue weighted by Gasteiger charge is 2.34. The van der Waals surface area contributed by atoms with Crippen LogP contribution in [0.1, 0.15) is 25.7 Å². The summed E-state index contributed by atoms with van der Waals surface area (Å²) in [5.74, 6) is 0. The third-order valence-electron chi connectivity index (χ3n) is 3.31. The second kappa shape index (κ2) is 5.69. The molecule has 0 unspecified atom stereocenters. The first kappa shape index (κ1) is 12.0. The van der Waals surface area contributed by atoms with Crippen LogP contribution in [0.15, 0.2) is 0 Å². The fraction of sp³-hybridized carbons (Fsp3) is 1.00. The fourth-order valence-electron chi connectivity index (χ4n) is 2.00. The summed E-state index contributed by atoms with van der Waals surface area (Å²) in [6.45, 7) is 4.27. The Morgan fingerprint density at radius 3 is 2.50 bits per heavy atom. The van der Waals surface area contributed by atoms with Gasteiger partial charge in [0.15, 0.2) is 0 Å². The molecule has 0 aliphatic heterocycles. The topological polar surface area (TPSA) is 41.3 Å². The summed E-state index contributed by atoms with van der Waals surface area (Å²) in [6, 6.07) is 0. The number of rotatable bonds is 7. The van der Waals surface area contributed by atoms with E-state index in [0.29, 0.717) is 5.41 Å². The second-order valence-corrected chi connectivity index (χ2v) is 4.89. The van der Waals surface area contributed by atoms with Gasteiger partial charge in [0, 0.05) is 6.54 Å². The predicted octanol–water partition coefficient (Wildman–Crippen LogP) is 0.657. The summed E-state index contributed by atoms with van der Waals surface area (Å²) in [6.07, 6.45) is 5.25. The van der Waals surface area contributed by atoms with Gasteiger partial charge in [-0.25, -0.2) is 0 Å². The molecule has 1 aliphatic rings. The maximum atomic E-state index is 5.78. The van der Waals surface area contributed by atoms with Gasteiger partial charge in [0.1, 0.15) is 0 Å². The zero-order chi connectivity index (χ0) is 10.4. The SMILES string of the molecule is CN(C)CCCNCC1(CN)CCC1. The van der Waals surface area contributed by atoms with E-state index in [1.165, 1.54) is 32.2 Å². The van der Waals surface area contributed by atoms with E-state index >= 15 is 0 Å². The Kier molecular flexibility index (Phi) is 4.85. The molecule has 1 saturated carbocycles. The zero-order valence-electron chi connectivity index (χ0n) is 9.68. The van der Waals surface area contributed by atoms with Crippen LogP contribution >= 0.6 is 0 Å². The van der Waals surface area contributed by atoms with E-state index in [1.54, 1.807) is 0 Å². The van der Waals surface area contributed by atoms with Gasteiger partial charge in [0.2, 0.25) is 0 Å². The zero-order valence-corrected chi connectivity index (χ0v) is 9.68. The van der Waals surface area contributed by atoms with Crippen molar-refractivity contribution < 1.29 is 0 Å². The lowest BCUT2D eigenvalue weighted by molar-refractivity contribution is 0.141. The molecule has 0 aromatic rings. The summed E-state index contributed by atoms with van der Waals surface area (Å²) in [5, 5.41) is 3.53. The van der Waals surface area contributed by atoms with Gasteiger partial charge in [0.25, 0.3) is 0 Å². The van der Waals surface area contributed by atoms with E-state index in [-0.39, 0.29) is 0 Å². The maximum Gasteiger partial charge on any atom is 0.00199 e. The molecule has 1 fully saturated rings. The number of nitrogens with one attached hydrogen (secondary N) is 1. The summed E-state index contributed by atoms with van der Waals surface area (Å²) < 4.78 is 0. The molecule has 0 amide bonds. The van der Waals surface area contributed by atoms with Gasteiger partial charge >= 0.3 is 0 Å². The van der Waals surface area contributed by atoms with Gasteiger partial charge in [-0.15, -0.1) is 0 Å². The summed E-state index contributed by atoms with van der Waals surface area (Å²) in [4.78, 5) is 2.23. The van der Waals surface area contributed by atoms with Gasteiger partial charge in [0.05, 0.1) is 0 Å². The molecule has 0 atom stereocenters. The summed E-state index contributed by atoms with van der Waals surface area (Å²) in [5.41, 5.74) is 6.24. The van der Waals surface area contributed by atoms with Crippen LogP contribution in [0.3, 0.4) is 0 Å². The summed E-state index contributed by atoms with van der Waals surface area (Å²) in [7, 11) is 4.24. The highest BCUT2D eigenvalue weighted by molar-refractivity contribution is 4.90. The molecule has 3 heteroatoms. The smallest absolute Gasteiger partial charge is 0.00199 e. The first-order valence-corrected chi connectivity index (χ1v) is 5.74. The first-order valence-electron chi connectivity index (χ1n) is 5.74. The van der Waals surface area contributed by atoms with E-state index in [4.69, 9.17) is 5.73 Å². The predicted molar refractivity (Wildman–Crippen MR) is 61.4 cm³/mol. The van der Waals surface area contributed by atoms with E-state index in [1.807, 2.05) is 0 Å². The van der Waals surface area contributed by atoms with E-state index in [9.17, 15) is 0 Å². The third kappa shape index (κ3) is 3.56. The van der Waals surface area contributed by atoms with Crippen LogP contribution in [-0.4, -0.2) is 45.2 Å². The van der Waals surface area contributed by atoms with Gasteiger partial charge < -0.3 is 16.0 Å². The van der Waals surface area contributed by atoms with Crippen molar-refractivity contribution in [2.45, 2.75) is 25.7 Å². The minimum absolute atomic E-state index is 0.456. The van der Waals surface area contributed by atoms with Crippen LogP contribution in [0, 0.1) is 5.41 Å². The molecule has 84 valence electrons. The summed E-state index contributed by atoms with van der Waals surface area (Å²) >= 11 is 0. The van der Waals surface area contributed by atoms with Crippen LogP contribution < -0.4 is 11.1 Å². The highest BCUT2D eigenvalue weighted by atomic mass is 15.1. The molecular formula is C11H25N3. The average molecular weight is 199 g/mol. The highest BCUT2D eigenvalue weighted by Crippen LogP contribution is 2.38. The minimum Gasteiger partial charge on any atom is -0.330 e. The Labute approximate surface area is 88.0 Å². The molecule has 1 aliphatic carbocycles. The van der Waals surface area contributed by atoms with Crippen LogP contribution in [-0.2, 0) is 0 Å². The second-order valence-electron chi connectivity index (χ2n) is 4.89. The average Bonchev–Trinajstić information content (AvgIpc) is 2.08. The fourth-order valence-corrected chi connectivity index (χ4v) is 2.00. The normalized spacial score (nSPS) is 19.7. The third-order valence-corrected chi connectivity index (χ3v) is 3.31. The van der Waals surface area contributed by atoms with Crippen molar-refractivity contribution in [3.63, 3.8) is 0 Å². The molecule has 0 radical (unpaired) electrons. The lowest BCUT2D eigenvalue weighted by Crippen LogP contribution is -2.45. The molecular weight excluding hydrogens is 174 g/mol. The van der Waals surface area contributed by atoms with Crippen molar-refractivity contribution in [3.8, 4) is 0 Å². The van der Waals surface area contributed by atoms with Crippen LogP contribution in [0.2, 0.25) is 0 Å². The van der Waals surface area contributed by atoms with Crippen LogP contribution in [0.5, 0.6) is 0 Å². The van der Waals surface area contributed by atoms with Crippen molar-refractivity contribution in [2.75, 3.05) is 40.3 Å². The Hall–Kier alpha value is -0.120. The maximum absolute atomic E-state index is 5.78. The van der Waals surface area contributed by atoms with Gasteiger partial charge in [-0.3, -0.25) is 0 Å². The van der Waals surface area contributed by atoms with E-state index in [0.717, 1.165) is 19.6 Å². The molecule has 0 bridgehead atoms. The van der Waals surface area contributed by atoms with Crippen molar-refractivity contribution >= 4 is 0 Å². The van der Waals surface area contributed by atoms with Gasteiger partial charge in [-0.1, -0.05) is 6.42 Å². The van der Waals surface area contributed by atoms with Gasteiger partial charge in [-0.2, -0.15) is 0 Å². The molecule has 0 spiro atoms. The number of hydrogen-bond acceptors (Lipinski definition) is 3. The first-order chi connectivity index (χ1) is 6.68. The largest absolute Gasteiger partial charge is 0.330 e. The number of nitrogens with zero attached hydrogens (tertiary/aromatic N) is 1. The Bertz CT molecular complexity index is 147. The molecule has 3 N–H and O–H groups in total. The Morgan fingerprint density at radius 1 is 1.36 bits per heavy atom.